The van der Waals surface area contributed by atoms with Gasteiger partial charge < -0.3 is 5.73 Å². The highest BCUT2D eigenvalue weighted by atomic mass is 32.2. The first-order chi connectivity index (χ1) is 8.87. The van der Waals surface area contributed by atoms with Crippen molar-refractivity contribution in [3.8, 4) is 0 Å². The maximum absolute atomic E-state index is 12.5. The lowest BCUT2D eigenvalue weighted by molar-refractivity contribution is 0.237. The van der Waals surface area contributed by atoms with Gasteiger partial charge in [0.15, 0.2) is 9.84 Å². The van der Waals surface area contributed by atoms with Crippen LogP contribution in [-0.2, 0) is 20.0 Å². The maximum Gasteiger partial charge on any atom is 0.282 e. The minimum absolute atomic E-state index is 0.0540. The normalized spacial score (nSPS) is 30.3. The van der Waals surface area contributed by atoms with Crippen LogP contribution >= 0.6 is 0 Å². The van der Waals surface area contributed by atoms with Crippen molar-refractivity contribution in [2.45, 2.75) is 25.3 Å². The summed E-state index contributed by atoms with van der Waals surface area (Å²) in [5, 5.41) is 0. The van der Waals surface area contributed by atoms with Crippen LogP contribution in [0, 0.1) is 0 Å². The molecule has 0 bridgehead atoms. The molecule has 1 atom stereocenters. The van der Waals surface area contributed by atoms with E-state index in [0.717, 1.165) is 19.3 Å². The molecule has 2 saturated heterocycles. The van der Waals surface area contributed by atoms with Crippen LogP contribution in [0.25, 0.3) is 0 Å². The molecule has 0 aromatic heterocycles. The van der Waals surface area contributed by atoms with Gasteiger partial charge in [0, 0.05) is 32.2 Å². The van der Waals surface area contributed by atoms with Gasteiger partial charge in [-0.05, 0) is 12.8 Å². The zero-order valence-corrected chi connectivity index (χ0v) is 12.5. The van der Waals surface area contributed by atoms with Gasteiger partial charge in [-0.15, -0.1) is 0 Å². The van der Waals surface area contributed by atoms with Gasteiger partial charge in [0.2, 0.25) is 0 Å². The highest BCUT2D eigenvalue weighted by Crippen LogP contribution is 2.23. The van der Waals surface area contributed by atoms with Crippen molar-refractivity contribution in [1.29, 1.82) is 0 Å². The van der Waals surface area contributed by atoms with Crippen LogP contribution in [0.5, 0.6) is 0 Å². The van der Waals surface area contributed by atoms with Gasteiger partial charge >= 0.3 is 0 Å². The lowest BCUT2D eigenvalue weighted by Gasteiger charge is -2.38. The monoisotopic (exact) mass is 311 g/mol. The average molecular weight is 311 g/mol. The number of nitrogens with zero attached hydrogens (tertiary/aromatic N) is 2. The van der Waals surface area contributed by atoms with Crippen molar-refractivity contribution in [2.24, 2.45) is 5.73 Å². The zero-order chi connectivity index (χ0) is 14.1. The van der Waals surface area contributed by atoms with E-state index in [1.54, 1.807) is 0 Å². The number of rotatable bonds is 3. The number of hydrogen-bond donors (Lipinski definition) is 1. The SMILES string of the molecule is NCC1CCCCN1S(=O)(=O)N1CCS(=O)(=O)CC1. The van der Waals surface area contributed by atoms with Crippen LogP contribution in [-0.4, -0.2) is 69.2 Å². The molecule has 0 saturated carbocycles. The summed E-state index contributed by atoms with van der Waals surface area (Å²) in [6.07, 6.45) is 2.60. The van der Waals surface area contributed by atoms with E-state index in [-0.39, 0.29) is 30.6 Å². The molecule has 19 heavy (non-hydrogen) atoms. The van der Waals surface area contributed by atoms with E-state index < -0.39 is 20.0 Å². The molecule has 112 valence electrons. The van der Waals surface area contributed by atoms with E-state index in [9.17, 15) is 16.8 Å². The Hall–Kier alpha value is -0.220. The molecule has 2 aliphatic rings. The smallest absolute Gasteiger partial charge is 0.282 e. The maximum atomic E-state index is 12.5. The highest BCUT2D eigenvalue weighted by Gasteiger charge is 2.38. The predicted octanol–water partition coefficient (Wildman–Crippen LogP) is -1.23. The van der Waals surface area contributed by atoms with Crippen LogP contribution < -0.4 is 5.73 Å². The fraction of sp³-hybridized carbons (Fsp3) is 1.00. The minimum atomic E-state index is -3.57. The van der Waals surface area contributed by atoms with Gasteiger partial charge in [0.1, 0.15) is 0 Å². The summed E-state index contributed by atoms with van der Waals surface area (Å²) in [6, 6.07) is -0.155. The number of hydrogen-bond acceptors (Lipinski definition) is 5. The number of nitrogens with two attached hydrogens (primary N) is 1. The third-order valence-electron chi connectivity index (χ3n) is 3.77. The fourth-order valence-electron chi connectivity index (χ4n) is 2.59. The molecule has 0 aromatic rings. The Labute approximate surface area is 114 Å². The summed E-state index contributed by atoms with van der Waals surface area (Å²) in [5.74, 6) is -0.180. The van der Waals surface area contributed by atoms with Crippen molar-refractivity contribution < 1.29 is 16.8 Å². The van der Waals surface area contributed by atoms with Gasteiger partial charge in [-0.3, -0.25) is 0 Å². The van der Waals surface area contributed by atoms with E-state index in [4.69, 9.17) is 5.73 Å². The molecule has 2 fully saturated rings. The summed E-state index contributed by atoms with van der Waals surface area (Å²) in [4.78, 5) is 0. The van der Waals surface area contributed by atoms with Crippen molar-refractivity contribution >= 4 is 20.0 Å². The Balaban J connectivity index is 2.13. The number of sulfone groups is 1. The second-order valence-corrected chi connectivity index (χ2v) is 9.24. The molecular formula is C10H21N3O4S2. The average Bonchev–Trinajstić information content (AvgIpc) is 2.38. The first-order valence-electron chi connectivity index (χ1n) is 6.54. The van der Waals surface area contributed by atoms with E-state index in [1.807, 2.05) is 0 Å². The molecule has 7 nitrogen and oxygen atoms in total. The fourth-order valence-corrected chi connectivity index (χ4v) is 5.89. The van der Waals surface area contributed by atoms with Gasteiger partial charge in [-0.2, -0.15) is 17.0 Å². The summed E-state index contributed by atoms with van der Waals surface area (Å²) in [6.45, 7) is 0.899. The van der Waals surface area contributed by atoms with Crippen LogP contribution in [0.15, 0.2) is 0 Å². The largest absolute Gasteiger partial charge is 0.329 e. The molecule has 1 unspecified atom stereocenters. The van der Waals surface area contributed by atoms with Crippen molar-refractivity contribution in [2.75, 3.05) is 37.7 Å². The third-order valence-corrected chi connectivity index (χ3v) is 7.47. The Bertz CT molecular complexity index is 503. The third kappa shape index (κ3) is 3.27. The van der Waals surface area contributed by atoms with Gasteiger partial charge in [-0.1, -0.05) is 6.42 Å². The van der Waals surface area contributed by atoms with Crippen molar-refractivity contribution in [3.05, 3.63) is 0 Å². The second-order valence-electron chi connectivity index (χ2n) is 5.05. The Kier molecular flexibility index (Phi) is 4.51. The second kappa shape index (κ2) is 5.65. The molecule has 0 aliphatic carbocycles. The topological polar surface area (TPSA) is 101 Å². The van der Waals surface area contributed by atoms with E-state index in [1.165, 1.54) is 8.61 Å². The lowest BCUT2D eigenvalue weighted by atomic mass is 10.1. The molecule has 9 heteroatoms. The van der Waals surface area contributed by atoms with Crippen LogP contribution in [0.3, 0.4) is 0 Å². The van der Waals surface area contributed by atoms with Gasteiger partial charge in [0.25, 0.3) is 10.2 Å². The zero-order valence-electron chi connectivity index (χ0n) is 10.9. The van der Waals surface area contributed by atoms with Crippen molar-refractivity contribution in [1.82, 2.24) is 8.61 Å². The molecule has 2 aliphatic heterocycles. The molecule has 2 N–H and O–H groups in total. The molecule has 0 spiro atoms. The molecule has 0 amide bonds. The standard InChI is InChI=1S/C10H21N3O4S2/c11-9-10-3-1-2-4-13(10)19(16,17)12-5-7-18(14,15)8-6-12/h10H,1-9,11H2. The summed E-state index contributed by atoms with van der Waals surface area (Å²) >= 11 is 0. The summed E-state index contributed by atoms with van der Waals surface area (Å²) < 4.78 is 50.5. The van der Waals surface area contributed by atoms with E-state index in [2.05, 4.69) is 0 Å². The Morgan fingerprint density at radius 2 is 1.74 bits per heavy atom. The van der Waals surface area contributed by atoms with Gasteiger partial charge in [0.05, 0.1) is 11.5 Å². The lowest BCUT2D eigenvalue weighted by Crippen LogP contribution is -2.55. The first kappa shape index (κ1) is 15.2. The van der Waals surface area contributed by atoms with Crippen LogP contribution in [0.4, 0.5) is 0 Å². The van der Waals surface area contributed by atoms with E-state index >= 15 is 0 Å². The van der Waals surface area contributed by atoms with Crippen molar-refractivity contribution in [3.63, 3.8) is 0 Å². The Morgan fingerprint density at radius 1 is 1.11 bits per heavy atom. The summed E-state index contributed by atoms with van der Waals surface area (Å²) in [5.41, 5.74) is 5.64. The first-order valence-corrected chi connectivity index (χ1v) is 9.76. The van der Waals surface area contributed by atoms with Crippen LogP contribution in [0.2, 0.25) is 0 Å². The summed E-state index contributed by atoms with van der Waals surface area (Å²) in [7, 11) is -6.65. The van der Waals surface area contributed by atoms with E-state index in [0.29, 0.717) is 13.1 Å². The quantitative estimate of drug-likeness (QED) is 0.704. The molecular weight excluding hydrogens is 290 g/mol. The molecule has 2 heterocycles. The molecule has 0 radical (unpaired) electrons. The number of piperidine rings is 1. The molecule has 2 rings (SSSR count). The highest BCUT2D eigenvalue weighted by molar-refractivity contribution is 7.91. The Morgan fingerprint density at radius 3 is 2.32 bits per heavy atom. The minimum Gasteiger partial charge on any atom is -0.329 e. The predicted molar refractivity (Wildman–Crippen MR) is 72.5 cm³/mol. The van der Waals surface area contributed by atoms with Gasteiger partial charge in [-0.25, -0.2) is 8.42 Å². The van der Waals surface area contributed by atoms with Crippen LogP contribution in [0.1, 0.15) is 19.3 Å². The molecule has 0 aromatic carbocycles.